The summed E-state index contributed by atoms with van der Waals surface area (Å²) in [7, 11) is 0. The first-order chi connectivity index (χ1) is 14.9. The van der Waals surface area contributed by atoms with Gasteiger partial charge in [0.2, 0.25) is 5.91 Å². The van der Waals surface area contributed by atoms with E-state index in [4.69, 9.17) is 9.47 Å². The predicted octanol–water partition coefficient (Wildman–Crippen LogP) is 4.70. The molecule has 166 valence electrons. The molecule has 2 atom stereocenters. The highest BCUT2D eigenvalue weighted by atomic mass is 16.5. The van der Waals surface area contributed by atoms with Crippen LogP contribution in [0.4, 0.5) is 5.69 Å². The zero-order chi connectivity index (χ0) is 21.8. The van der Waals surface area contributed by atoms with E-state index < -0.39 is 0 Å². The Hall–Kier alpha value is -2.37. The molecule has 0 aliphatic carbocycles. The van der Waals surface area contributed by atoms with Crippen LogP contribution in [0, 0.1) is 5.92 Å². The quantitative estimate of drug-likeness (QED) is 0.759. The van der Waals surface area contributed by atoms with Gasteiger partial charge in [-0.3, -0.25) is 9.69 Å². The van der Waals surface area contributed by atoms with Gasteiger partial charge in [-0.25, -0.2) is 0 Å². The van der Waals surface area contributed by atoms with E-state index >= 15 is 0 Å². The molecule has 1 N–H and O–H groups in total. The Labute approximate surface area is 185 Å². The van der Waals surface area contributed by atoms with Crippen molar-refractivity contribution in [1.82, 2.24) is 4.90 Å². The number of carbonyl (C=O) groups excluding carboxylic acids is 1. The molecule has 0 radical (unpaired) electrons. The van der Waals surface area contributed by atoms with Crippen LogP contribution >= 0.6 is 0 Å². The number of likely N-dealkylation sites (tertiary alicyclic amines) is 1. The van der Waals surface area contributed by atoms with Gasteiger partial charge in [-0.1, -0.05) is 36.4 Å². The van der Waals surface area contributed by atoms with Gasteiger partial charge in [0.15, 0.2) is 0 Å². The Kier molecular flexibility index (Phi) is 6.63. The summed E-state index contributed by atoms with van der Waals surface area (Å²) in [6.45, 7) is 9.78. The Bertz CT molecular complexity index is 872. The molecule has 2 aliphatic heterocycles. The molecular formula is C26H34N2O3. The Morgan fingerprint density at radius 1 is 1.03 bits per heavy atom. The van der Waals surface area contributed by atoms with Crippen molar-refractivity contribution < 1.29 is 14.3 Å². The zero-order valence-corrected chi connectivity index (χ0v) is 18.8. The van der Waals surface area contributed by atoms with Crippen LogP contribution < -0.4 is 10.1 Å². The molecule has 31 heavy (non-hydrogen) atoms. The minimum atomic E-state index is -0.0957. The topological polar surface area (TPSA) is 50.8 Å². The van der Waals surface area contributed by atoms with Gasteiger partial charge in [-0.05, 0) is 38.5 Å². The molecule has 0 aromatic heterocycles. The first-order valence-electron chi connectivity index (χ1n) is 11.4. The number of hydrogen-bond acceptors (Lipinski definition) is 4. The molecule has 2 aromatic carbocycles. The van der Waals surface area contributed by atoms with Crippen LogP contribution in [-0.2, 0) is 9.53 Å². The Morgan fingerprint density at radius 3 is 2.48 bits per heavy atom. The molecule has 2 aliphatic rings. The van der Waals surface area contributed by atoms with Gasteiger partial charge < -0.3 is 14.8 Å². The molecule has 1 amide bonds. The van der Waals surface area contributed by atoms with Crippen molar-refractivity contribution in [2.75, 3.05) is 31.6 Å². The SMILES string of the molecule is CC(C)(C)N1CC(C(=O)Nc2cccc(OC3CCOCC3)c2)C(c2ccccc2)C1. The Morgan fingerprint density at radius 2 is 1.77 bits per heavy atom. The average Bonchev–Trinajstić information content (AvgIpc) is 3.22. The maximum atomic E-state index is 13.4. The predicted molar refractivity (Wildman–Crippen MR) is 124 cm³/mol. The van der Waals surface area contributed by atoms with Gasteiger partial charge in [-0.2, -0.15) is 0 Å². The maximum absolute atomic E-state index is 13.4. The van der Waals surface area contributed by atoms with Crippen molar-refractivity contribution in [2.45, 2.75) is 51.2 Å². The number of carbonyl (C=O) groups is 1. The summed E-state index contributed by atoms with van der Waals surface area (Å²) in [6.07, 6.45) is 1.98. The number of hydrogen-bond donors (Lipinski definition) is 1. The lowest BCUT2D eigenvalue weighted by Gasteiger charge is -2.31. The third-order valence-electron chi connectivity index (χ3n) is 6.41. The van der Waals surface area contributed by atoms with Crippen molar-refractivity contribution >= 4 is 11.6 Å². The van der Waals surface area contributed by atoms with Crippen LogP contribution in [-0.4, -0.2) is 48.8 Å². The van der Waals surface area contributed by atoms with Crippen LogP contribution in [0.2, 0.25) is 0 Å². The van der Waals surface area contributed by atoms with Gasteiger partial charge >= 0.3 is 0 Å². The molecule has 2 unspecified atom stereocenters. The first kappa shape index (κ1) is 21.8. The molecule has 0 bridgehead atoms. The molecule has 0 saturated carbocycles. The second-order valence-electron chi connectivity index (χ2n) is 9.65. The standard InChI is InChI=1S/C26H34N2O3/c1-26(2,3)28-17-23(19-8-5-4-6-9-19)24(18-28)25(29)27-20-10-7-11-22(16-20)31-21-12-14-30-15-13-21/h4-11,16,21,23-24H,12-15,17-18H2,1-3H3,(H,27,29). The number of nitrogens with one attached hydrogen (secondary N) is 1. The number of ether oxygens (including phenoxy) is 2. The van der Waals surface area contributed by atoms with Gasteiger partial charge in [0.05, 0.1) is 19.1 Å². The summed E-state index contributed by atoms with van der Waals surface area (Å²) in [4.78, 5) is 15.8. The fraction of sp³-hybridized carbons (Fsp3) is 0.500. The summed E-state index contributed by atoms with van der Waals surface area (Å²) in [6, 6.07) is 18.2. The summed E-state index contributed by atoms with van der Waals surface area (Å²) in [5.41, 5.74) is 2.04. The van der Waals surface area contributed by atoms with Crippen LogP contribution in [0.5, 0.6) is 5.75 Å². The number of amides is 1. The molecule has 5 nitrogen and oxygen atoms in total. The lowest BCUT2D eigenvalue weighted by atomic mass is 9.88. The van der Waals surface area contributed by atoms with Gasteiger partial charge in [0.25, 0.3) is 0 Å². The molecule has 4 rings (SSSR count). The summed E-state index contributed by atoms with van der Waals surface area (Å²) < 4.78 is 11.5. The van der Waals surface area contributed by atoms with Crippen LogP contribution in [0.25, 0.3) is 0 Å². The van der Waals surface area contributed by atoms with E-state index in [9.17, 15) is 4.79 Å². The largest absolute Gasteiger partial charge is 0.490 e. The van der Waals surface area contributed by atoms with E-state index in [1.807, 2.05) is 30.3 Å². The Balaban J connectivity index is 1.47. The molecule has 5 heteroatoms. The highest BCUT2D eigenvalue weighted by Gasteiger charge is 2.41. The second-order valence-corrected chi connectivity index (χ2v) is 9.65. The monoisotopic (exact) mass is 422 g/mol. The van der Waals surface area contributed by atoms with Crippen molar-refractivity contribution in [3.05, 3.63) is 60.2 Å². The number of benzene rings is 2. The van der Waals surface area contributed by atoms with E-state index in [2.05, 4.69) is 55.3 Å². The van der Waals surface area contributed by atoms with Crippen LogP contribution in [0.15, 0.2) is 54.6 Å². The van der Waals surface area contributed by atoms with Gasteiger partial charge in [0, 0.05) is 49.1 Å². The molecule has 0 spiro atoms. The fourth-order valence-corrected chi connectivity index (χ4v) is 4.52. The highest BCUT2D eigenvalue weighted by molar-refractivity contribution is 5.93. The molecule has 2 heterocycles. The van der Waals surface area contributed by atoms with Crippen molar-refractivity contribution in [3.63, 3.8) is 0 Å². The van der Waals surface area contributed by atoms with Crippen LogP contribution in [0.1, 0.15) is 45.1 Å². The number of anilines is 1. The molecule has 2 saturated heterocycles. The third-order valence-corrected chi connectivity index (χ3v) is 6.41. The number of nitrogens with zero attached hydrogens (tertiary/aromatic N) is 1. The minimum absolute atomic E-state index is 0.0273. The highest BCUT2D eigenvalue weighted by Crippen LogP contribution is 2.37. The molecule has 2 fully saturated rings. The van der Waals surface area contributed by atoms with E-state index in [1.165, 1.54) is 5.56 Å². The zero-order valence-electron chi connectivity index (χ0n) is 18.8. The van der Waals surface area contributed by atoms with E-state index in [1.54, 1.807) is 0 Å². The van der Waals surface area contributed by atoms with Crippen molar-refractivity contribution in [2.24, 2.45) is 5.92 Å². The van der Waals surface area contributed by atoms with E-state index in [-0.39, 0.29) is 29.4 Å². The van der Waals surface area contributed by atoms with E-state index in [0.717, 1.165) is 50.6 Å². The van der Waals surface area contributed by atoms with Gasteiger partial charge in [0.1, 0.15) is 11.9 Å². The lowest BCUT2D eigenvalue weighted by molar-refractivity contribution is -0.120. The summed E-state index contributed by atoms with van der Waals surface area (Å²) in [5, 5.41) is 3.16. The fourth-order valence-electron chi connectivity index (χ4n) is 4.52. The van der Waals surface area contributed by atoms with Crippen LogP contribution in [0.3, 0.4) is 0 Å². The van der Waals surface area contributed by atoms with Crippen molar-refractivity contribution in [1.29, 1.82) is 0 Å². The summed E-state index contributed by atoms with van der Waals surface area (Å²) in [5.74, 6) is 0.958. The van der Waals surface area contributed by atoms with Gasteiger partial charge in [-0.15, -0.1) is 0 Å². The second kappa shape index (κ2) is 9.41. The van der Waals surface area contributed by atoms with Crippen molar-refractivity contribution in [3.8, 4) is 5.75 Å². The normalized spacial score (nSPS) is 22.9. The summed E-state index contributed by atoms with van der Waals surface area (Å²) >= 11 is 0. The molecule has 2 aromatic rings. The molecular weight excluding hydrogens is 388 g/mol. The first-order valence-corrected chi connectivity index (χ1v) is 11.4. The smallest absolute Gasteiger partial charge is 0.229 e. The maximum Gasteiger partial charge on any atom is 0.229 e. The number of rotatable bonds is 5. The third kappa shape index (κ3) is 5.46. The average molecular weight is 423 g/mol. The minimum Gasteiger partial charge on any atom is -0.490 e. The van der Waals surface area contributed by atoms with E-state index in [0.29, 0.717) is 0 Å². The lowest BCUT2D eigenvalue weighted by Crippen LogP contribution is -2.40.